The Labute approximate surface area is 200 Å². The highest BCUT2D eigenvalue weighted by Crippen LogP contribution is 2.39. The summed E-state index contributed by atoms with van der Waals surface area (Å²) in [5.74, 6) is -0.276. The van der Waals surface area contributed by atoms with Gasteiger partial charge in [-0.25, -0.2) is 8.78 Å². The van der Waals surface area contributed by atoms with Crippen LogP contribution in [-0.4, -0.2) is 63.1 Å². The van der Waals surface area contributed by atoms with E-state index in [0.29, 0.717) is 37.8 Å². The van der Waals surface area contributed by atoms with Crippen molar-refractivity contribution in [3.05, 3.63) is 29.8 Å². The number of halogens is 3. The summed E-state index contributed by atoms with van der Waals surface area (Å²) in [7, 11) is 3.61. The van der Waals surface area contributed by atoms with Crippen molar-refractivity contribution in [1.29, 1.82) is 0 Å². The van der Waals surface area contributed by atoms with Crippen LogP contribution >= 0.6 is 24.0 Å². The van der Waals surface area contributed by atoms with Crippen molar-refractivity contribution < 1.29 is 13.6 Å². The molecule has 1 saturated carbocycles. The van der Waals surface area contributed by atoms with Crippen molar-refractivity contribution >= 4 is 41.5 Å². The molecule has 1 aliphatic carbocycles. The zero-order valence-electron chi connectivity index (χ0n) is 18.6. The number of benzene rings is 1. The standard InChI is InChI=1S/C22H33F2N5O.HI/c1-4-25-21(26-15-22(10-5-6-11-22)20(30)28(2)3)27-17-9-12-29(14-17)19-8-7-16(23)13-18(19)24;/h7-8,13,17H,4-6,9-12,14-15H2,1-3H3,(H2,25,26,27);1H. The van der Waals surface area contributed by atoms with Crippen molar-refractivity contribution in [2.75, 3.05) is 45.2 Å². The average molecular weight is 549 g/mol. The Balaban J connectivity index is 0.00000341. The predicted molar refractivity (Wildman–Crippen MR) is 131 cm³/mol. The summed E-state index contributed by atoms with van der Waals surface area (Å²) in [6, 6.07) is 3.79. The molecule has 1 aliphatic heterocycles. The van der Waals surface area contributed by atoms with Gasteiger partial charge in [-0.15, -0.1) is 24.0 Å². The van der Waals surface area contributed by atoms with Gasteiger partial charge in [0.15, 0.2) is 5.96 Å². The number of aliphatic imine (C=N–C) groups is 1. The maximum absolute atomic E-state index is 14.1. The van der Waals surface area contributed by atoms with Crippen molar-refractivity contribution in [3.8, 4) is 0 Å². The third kappa shape index (κ3) is 6.20. The van der Waals surface area contributed by atoms with E-state index in [9.17, 15) is 13.6 Å². The molecule has 0 aromatic heterocycles. The molecule has 2 N–H and O–H groups in total. The summed E-state index contributed by atoms with van der Waals surface area (Å²) in [6.45, 7) is 4.46. The highest BCUT2D eigenvalue weighted by atomic mass is 127. The normalized spacial score (nSPS) is 20.4. The molecule has 2 fully saturated rings. The maximum atomic E-state index is 14.1. The summed E-state index contributed by atoms with van der Waals surface area (Å²) in [6.07, 6.45) is 4.67. The van der Waals surface area contributed by atoms with Gasteiger partial charge < -0.3 is 20.4 Å². The molecule has 1 unspecified atom stereocenters. The Hall–Kier alpha value is -1.65. The van der Waals surface area contributed by atoms with Crippen LogP contribution in [0.25, 0.3) is 0 Å². The molecule has 1 heterocycles. The molecule has 3 rings (SSSR count). The topological polar surface area (TPSA) is 60.0 Å². The van der Waals surface area contributed by atoms with E-state index in [2.05, 4.69) is 10.6 Å². The number of guanidine groups is 1. The first-order chi connectivity index (χ1) is 14.3. The summed E-state index contributed by atoms with van der Waals surface area (Å²) < 4.78 is 27.3. The van der Waals surface area contributed by atoms with Gasteiger partial charge in [0.1, 0.15) is 11.6 Å². The van der Waals surface area contributed by atoms with E-state index in [1.807, 2.05) is 11.8 Å². The van der Waals surface area contributed by atoms with E-state index in [-0.39, 0.29) is 35.9 Å². The summed E-state index contributed by atoms with van der Waals surface area (Å²) in [4.78, 5) is 21.1. The molecule has 0 spiro atoms. The number of nitrogens with zero attached hydrogens (tertiary/aromatic N) is 3. The Morgan fingerprint density at radius 2 is 2.00 bits per heavy atom. The van der Waals surface area contributed by atoms with Gasteiger partial charge in [0.2, 0.25) is 5.91 Å². The van der Waals surface area contributed by atoms with Crippen LogP contribution in [-0.2, 0) is 4.79 Å². The zero-order chi connectivity index (χ0) is 21.7. The lowest BCUT2D eigenvalue weighted by Gasteiger charge is -2.29. The maximum Gasteiger partial charge on any atom is 0.230 e. The molecule has 1 saturated heterocycles. The largest absolute Gasteiger partial charge is 0.367 e. The molecule has 1 amide bonds. The number of hydrogen-bond donors (Lipinski definition) is 2. The molecule has 1 atom stereocenters. The van der Waals surface area contributed by atoms with Gasteiger partial charge in [-0.05, 0) is 38.3 Å². The highest BCUT2D eigenvalue weighted by molar-refractivity contribution is 14.0. The number of amides is 1. The van der Waals surface area contributed by atoms with Crippen LogP contribution in [0, 0.1) is 17.0 Å². The number of rotatable bonds is 6. The lowest BCUT2D eigenvalue weighted by Crippen LogP contribution is -2.46. The molecule has 9 heteroatoms. The van der Waals surface area contributed by atoms with Gasteiger partial charge in [-0.1, -0.05) is 12.8 Å². The zero-order valence-corrected chi connectivity index (χ0v) is 20.9. The molecular formula is C22H34F2IN5O. The Morgan fingerprint density at radius 3 is 2.61 bits per heavy atom. The van der Waals surface area contributed by atoms with Crippen LogP contribution in [0.2, 0.25) is 0 Å². The molecule has 1 aromatic carbocycles. The lowest BCUT2D eigenvalue weighted by molar-refractivity contribution is -0.138. The van der Waals surface area contributed by atoms with Crippen LogP contribution in [0.15, 0.2) is 23.2 Å². The Morgan fingerprint density at radius 1 is 1.29 bits per heavy atom. The molecule has 6 nitrogen and oxygen atoms in total. The van der Waals surface area contributed by atoms with Gasteiger partial charge in [-0.2, -0.15) is 0 Å². The van der Waals surface area contributed by atoms with Crippen LogP contribution in [0.4, 0.5) is 14.5 Å². The SMILES string of the molecule is CCNC(=NCC1(C(=O)N(C)C)CCCC1)NC1CCN(c2ccc(F)cc2F)C1.I. The number of carbonyl (C=O) groups is 1. The monoisotopic (exact) mass is 549 g/mol. The first kappa shape index (κ1) is 25.6. The van der Waals surface area contributed by atoms with Gasteiger partial charge in [0.05, 0.1) is 17.6 Å². The lowest BCUT2D eigenvalue weighted by atomic mass is 9.85. The smallest absolute Gasteiger partial charge is 0.230 e. The number of anilines is 1. The van der Waals surface area contributed by atoms with Gasteiger partial charge >= 0.3 is 0 Å². The molecule has 2 aliphatic rings. The van der Waals surface area contributed by atoms with Crippen molar-refractivity contribution in [2.24, 2.45) is 10.4 Å². The van der Waals surface area contributed by atoms with Gasteiger partial charge in [0.25, 0.3) is 0 Å². The summed E-state index contributed by atoms with van der Waals surface area (Å²) in [5.41, 5.74) is 0.00859. The molecule has 0 bridgehead atoms. The number of hydrogen-bond acceptors (Lipinski definition) is 3. The van der Waals surface area contributed by atoms with Crippen LogP contribution in [0.3, 0.4) is 0 Å². The van der Waals surface area contributed by atoms with Crippen molar-refractivity contribution in [1.82, 2.24) is 15.5 Å². The number of nitrogens with one attached hydrogen (secondary N) is 2. The highest BCUT2D eigenvalue weighted by Gasteiger charge is 2.42. The van der Waals surface area contributed by atoms with E-state index in [4.69, 9.17) is 4.99 Å². The molecule has 0 radical (unpaired) electrons. The minimum atomic E-state index is -0.570. The summed E-state index contributed by atoms with van der Waals surface area (Å²) >= 11 is 0. The fraction of sp³-hybridized carbons (Fsp3) is 0.636. The van der Waals surface area contributed by atoms with Crippen molar-refractivity contribution in [3.63, 3.8) is 0 Å². The van der Waals surface area contributed by atoms with Crippen LogP contribution < -0.4 is 15.5 Å². The molecule has 31 heavy (non-hydrogen) atoms. The third-order valence-corrected chi connectivity index (χ3v) is 6.08. The number of carbonyl (C=O) groups excluding carboxylic acids is 1. The second kappa shape index (κ2) is 11.3. The van der Waals surface area contributed by atoms with E-state index in [1.165, 1.54) is 12.1 Å². The average Bonchev–Trinajstić information content (AvgIpc) is 3.36. The van der Waals surface area contributed by atoms with Crippen molar-refractivity contribution in [2.45, 2.75) is 45.1 Å². The van der Waals surface area contributed by atoms with Gasteiger partial charge in [0, 0.05) is 45.8 Å². The molecule has 174 valence electrons. The first-order valence-corrected chi connectivity index (χ1v) is 10.8. The minimum absolute atomic E-state index is 0. The minimum Gasteiger partial charge on any atom is -0.367 e. The van der Waals surface area contributed by atoms with E-state index >= 15 is 0 Å². The first-order valence-electron chi connectivity index (χ1n) is 10.8. The second-order valence-corrected chi connectivity index (χ2v) is 8.55. The van der Waals surface area contributed by atoms with Crippen LogP contribution in [0.5, 0.6) is 0 Å². The predicted octanol–water partition coefficient (Wildman–Crippen LogP) is 3.37. The fourth-order valence-electron chi connectivity index (χ4n) is 4.54. The van der Waals surface area contributed by atoms with E-state index < -0.39 is 17.0 Å². The Bertz CT molecular complexity index is 783. The summed E-state index contributed by atoms with van der Waals surface area (Å²) in [5, 5.41) is 6.70. The second-order valence-electron chi connectivity index (χ2n) is 8.55. The fourth-order valence-corrected chi connectivity index (χ4v) is 4.54. The molecular weight excluding hydrogens is 515 g/mol. The van der Waals surface area contributed by atoms with E-state index in [0.717, 1.165) is 38.2 Å². The van der Waals surface area contributed by atoms with Crippen LogP contribution in [0.1, 0.15) is 39.0 Å². The quantitative estimate of drug-likeness (QED) is 0.325. The Kier molecular flexibility index (Phi) is 9.32. The third-order valence-electron chi connectivity index (χ3n) is 6.08. The van der Waals surface area contributed by atoms with E-state index in [1.54, 1.807) is 19.0 Å². The van der Waals surface area contributed by atoms with Gasteiger partial charge in [-0.3, -0.25) is 9.79 Å². The molecule has 1 aromatic rings.